The summed E-state index contributed by atoms with van der Waals surface area (Å²) >= 11 is 1.49. The molecule has 0 saturated carbocycles. The summed E-state index contributed by atoms with van der Waals surface area (Å²) in [5.41, 5.74) is 3.62. The molecule has 142 valence electrons. The monoisotopic (exact) mass is 391 g/mol. The van der Waals surface area contributed by atoms with Gasteiger partial charge >= 0.3 is 0 Å². The number of aromatic nitrogens is 2. The maximum atomic E-state index is 12.9. The second-order valence-electron chi connectivity index (χ2n) is 7.01. The highest BCUT2D eigenvalue weighted by Crippen LogP contribution is 2.35. The van der Waals surface area contributed by atoms with E-state index in [0.29, 0.717) is 22.3 Å². The first kappa shape index (κ1) is 18.5. The van der Waals surface area contributed by atoms with E-state index >= 15 is 0 Å². The molecule has 0 spiro atoms. The molecule has 0 saturated heterocycles. The van der Waals surface area contributed by atoms with Crippen LogP contribution in [-0.4, -0.2) is 15.5 Å². The number of anilines is 1. The molecule has 2 aromatic carbocycles. The largest absolute Gasteiger partial charge is 0.312 e. The van der Waals surface area contributed by atoms with Crippen LogP contribution in [0.5, 0.6) is 0 Å². The van der Waals surface area contributed by atoms with Gasteiger partial charge in [-0.2, -0.15) is 4.98 Å². The fraction of sp³-hybridized carbons (Fsp3) is 0.227. The van der Waals surface area contributed by atoms with Crippen LogP contribution in [0.15, 0.2) is 64.5 Å². The second-order valence-corrected chi connectivity index (χ2v) is 7.96. The first-order valence-electron chi connectivity index (χ1n) is 9.17. The average Bonchev–Trinajstić information content (AvgIpc) is 2.69. The third kappa shape index (κ3) is 3.60. The molecule has 0 fully saturated rings. The van der Waals surface area contributed by atoms with Crippen LogP contribution < -0.4 is 10.9 Å². The molecule has 1 unspecified atom stereocenters. The lowest BCUT2D eigenvalue weighted by Crippen LogP contribution is -2.33. The molecule has 4 rings (SSSR count). The fourth-order valence-electron chi connectivity index (χ4n) is 3.58. The molecule has 0 aliphatic carbocycles. The van der Waals surface area contributed by atoms with Gasteiger partial charge in [0.2, 0.25) is 5.91 Å². The molecule has 1 aliphatic rings. The van der Waals surface area contributed by atoms with Crippen molar-refractivity contribution in [3.8, 4) is 0 Å². The van der Waals surface area contributed by atoms with Gasteiger partial charge < -0.3 is 9.88 Å². The lowest BCUT2D eigenvalue weighted by atomic mass is 9.87. The zero-order valence-electron chi connectivity index (χ0n) is 15.8. The lowest BCUT2D eigenvalue weighted by molar-refractivity contribution is -0.116. The molecule has 1 amide bonds. The van der Waals surface area contributed by atoms with E-state index < -0.39 is 0 Å². The van der Waals surface area contributed by atoms with Crippen molar-refractivity contribution in [3.05, 3.63) is 87.2 Å². The predicted molar refractivity (Wildman–Crippen MR) is 112 cm³/mol. The number of nitrogens with zero attached hydrogens (tertiary/aromatic N) is 2. The molecule has 28 heavy (non-hydrogen) atoms. The van der Waals surface area contributed by atoms with Gasteiger partial charge in [0.15, 0.2) is 5.16 Å². The summed E-state index contributed by atoms with van der Waals surface area (Å²) < 4.78 is 1.82. The number of rotatable bonds is 4. The Hall–Kier alpha value is -2.86. The third-order valence-electron chi connectivity index (χ3n) is 4.95. The van der Waals surface area contributed by atoms with Gasteiger partial charge in [0.05, 0.1) is 5.56 Å². The van der Waals surface area contributed by atoms with Crippen LogP contribution >= 0.6 is 11.8 Å². The summed E-state index contributed by atoms with van der Waals surface area (Å²) in [5, 5.41) is 3.48. The minimum absolute atomic E-state index is 0.0859. The van der Waals surface area contributed by atoms with Gasteiger partial charge in [-0.05, 0) is 18.1 Å². The van der Waals surface area contributed by atoms with Crippen molar-refractivity contribution in [2.24, 2.45) is 7.05 Å². The number of fused-ring (bicyclic) bond motifs is 1. The van der Waals surface area contributed by atoms with E-state index in [1.807, 2.05) is 48.0 Å². The molecule has 2 heterocycles. The van der Waals surface area contributed by atoms with Crippen LogP contribution in [0, 0.1) is 6.92 Å². The molecule has 1 aromatic heterocycles. The Kier molecular flexibility index (Phi) is 5.05. The van der Waals surface area contributed by atoms with Crippen molar-refractivity contribution in [1.82, 2.24) is 9.55 Å². The molecular weight excluding hydrogens is 370 g/mol. The van der Waals surface area contributed by atoms with E-state index in [9.17, 15) is 9.59 Å². The Bertz CT molecular complexity index is 1090. The predicted octanol–water partition coefficient (Wildman–Crippen LogP) is 3.86. The number of amides is 1. The van der Waals surface area contributed by atoms with Crippen LogP contribution in [0.2, 0.25) is 0 Å². The van der Waals surface area contributed by atoms with Gasteiger partial charge in [-0.1, -0.05) is 71.9 Å². The molecule has 0 radical (unpaired) electrons. The van der Waals surface area contributed by atoms with Crippen molar-refractivity contribution in [2.45, 2.75) is 30.2 Å². The Morgan fingerprint density at radius 2 is 1.93 bits per heavy atom. The highest BCUT2D eigenvalue weighted by molar-refractivity contribution is 7.98. The highest BCUT2D eigenvalue weighted by atomic mass is 32.2. The quantitative estimate of drug-likeness (QED) is 0.542. The normalized spacial score (nSPS) is 15.8. The van der Waals surface area contributed by atoms with Crippen LogP contribution in [0.3, 0.4) is 0 Å². The number of nitrogens with one attached hydrogen (secondary N) is 1. The highest BCUT2D eigenvalue weighted by Gasteiger charge is 2.31. The SMILES string of the molecule is Cc1cccc(CSc2nc(=O)c3c(n2C)NC(=O)CC3c2ccccc2)c1. The first-order chi connectivity index (χ1) is 13.5. The van der Waals surface area contributed by atoms with Gasteiger partial charge in [0, 0.05) is 25.1 Å². The van der Waals surface area contributed by atoms with Crippen LogP contribution in [0.25, 0.3) is 0 Å². The zero-order chi connectivity index (χ0) is 19.7. The summed E-state index contributed by atoms with van der Waals surface area (Å²) in [6.45, 7) is 2.06. The first-order valence-corrected chi connectivity index (χ1v) is 10.2. The number of carbonyl (C=O) groups excluding carboxylic acids is 1. The number of aryl methyl sites for hydroxylation is 1. The molecule has 1 N–H and O–H groups in total. The second kappa shape index (κ2) is 7.64. The zero-order valence-corrected chi connectivity index (χ0v) is 16.6. The van der Waals surface area contributed by atoms with E-state index in [0.717, 1.165) is 5.56 Å². The minimum atomic E-state index is -0.271. The van der Waals surface area contributed by atoms with E-state index in [4.69, 9.17) is 0 Å². The van der Waals surface area contributed by atoms with Gasteiger partial charge in [-0.15, -0.1) is 0 Å². The van der Waals surface area contributed by atoms with Crippen molar-refractivity contribution >= 4 is 23.5 Å². The van der Waals surface area contributed by atoms with Crippen LogP contribution in [0.1, 0.15) is 34.6 Å². The molecule has 1 aliphatic heterocycles. The Morgan fingerprint density at radius 1 is 1.14 bits per heavy atom. The lowest BCUT2D eigenvalue weighted by Gasteiger charge is -2.27. The number of benzene rings is 2. The summed E-state index contributed by atoms with van der Waals surface area (Å²) in [4.78, 5) is 29.6. The number of hydrogen-bond acceptors (Lipinski definition) is 4. The van der Waals surface area contributed by atoms with Gasteiger partial charge in [-0.25, -0.2) is 0 Å². The standard InChI is InChI=1S/C22H21N3O2S/c1-14-7-6-8-15(11-14)13-28-22-24-21(27)19-17(16-9-4-3-5-10-16)12-18(26)23-20(19)25(22)2/h3-11,17H,12-13H2,1-2H3,(H,23,26). The fourth-order valence-corrected chi connectivity index (χ4v) is 4.49. The number of hydrogen-bond donors (Lipinski definition) is 1. The van der Waals surface area contributed by atoms with Gasteiger partial charge in [-0.3, -0.25) is 9.59 Å². The topological polar surface area (TPSA) is 64.0 Å². The Balaban J connectivity index is 1.71. The van der Waals surface area contributed by atoms with Crippen LogP contribution in [-0.2, 0) is 17.6 Å². The van der Waals surface area contributed by atoms with Crippen molar-refractivity contribution in [2.75, 3.05) is 5.32 Å². The van der Waals surface area contributed by atoms with Crippen molar-refractivity contribution < 1.29 is 4.79 Å². The Labute approximate surface area is 167 Å². The van der Waals surface area contributed by atoms with Gasteiger partial charge in [0.25, 0.3) is 5.56 Å². The summed E-state index contributed by atoms with van der Waals surface area (Å²) in [6.07, 6.45) is 0.254. The molecule has 1 atom stereocenters. The third-order valence-corrected chi connectivity index (χ3v) is 6.05. The van der Waals surface area contributed by atoms with Gasteiger partial charge in [0.1, 0.15) is 5.82 Å². The maximum absolute atomic E-state index is 12.9. The molecule has 3 aromatic rings. The summed E-state index contributed by atoms with van der Waals surface area (Å²) in [5.74, 6) is 0.901. The van der Waals surface area contributed by atoms with E-state index in [1.54, 1.807) is 0 Å². The summed E-state index contributed by atoms with van der Waals surface area (Å²) in [6, 6.07) is 17.9. The molecule has 5 nitrogen and oxygen atoms in total. The summed E-state index contributed by atoms with van der Waals surface area (Å²) in [7, 11) is 1.84. The maximum Gasteiger partial charge on any atom is 0.279 e. The van der Waals surface area contributed by atoms with Crippen molar-refractivity contribution in [3.63, 3.8) is 0 Å². The van der Waals surface area contributed by atoms with E-state index in [2.05, 4.69) is 35.4 Å². The molecule has 0 bridgehead atoms. The molecule has 6 heteroatoms. The minimum Gasteiger partial charge on any atom is -0.312 e. The van der Waals surface area contributed by atoms with E-state index in [1.165, 1.54) is 22.9 Å². The number of carbonyl (C=O) groups is 1. The van der Waals surface area contributed by atoms with Crippen LogP contribution in [0.4, 0.5) is 5.82 Å². The number of thioether (sulfide) groups is 1. The van der Waals surface area contributed by atoms with E-state index in [-0.39, 0.29) is 23.8 Å². The Morgan fingerprint density at radius 3 is 2.68 bits per heavy atom. The average molecular weight is 391 g/mol. The molecular formula is C22H21N3O2S. The smallest absolute Gasteiger partial charge is 0.279 e. The van der Waals surface area contributed by atoms with Crippen molar-refractivity contribution in [1.29, 1.82) is 0 Å².